The first-order valence-electron chi connectivity index (χ1n) is 10.7. The molecule has 0 aliphatic carbocycles. The van der Waals surface area contributed by atoms with Crippen molar-refractivity contribution in [1.82, 2.24) is 19.2 Å². The number of imidazole rings is 1. The normalized spacial score (nSPS) is 10.9. The summed E-state index contributed by atoms with van der Waals surface area (Å²) in [6.45, 7) is 0. The molecule has 0 saturated heterocycles. The van der Waals surface area contributed by atoms with E-state index < -0.39 is 0 Å². The van der Waals surface area contributed by atoms with Crippen molar-refractivity contribution in [2.75, 3.05) is 19.5 Å². The van der Waals surface area contributed by atoms with Crippen molar-refractivity contribution < 1.29 is 14.3 Å². The summed E-state index contributed by atoms with van der Waals surface area (Å²) in [6.07, 6.45) is 3.92. The van der Waals surface area contributed by atoms with Gasteiger partial charge in [-0.05, 0) is 48.5 Å². The van der Waals surface area contributed by atoms with Crippen molar-refractivity contribution in [3.05, 3.63) is 84.8 Å². The Morgan fingerprint density at radius 1 is 0.941 bits per heavy atom. The lowest BCUT2D eigenvalue weighted by Crippen LogP contribution is -2.16. The Labute approximate surface area is 196 Å². The zero-order chi connectivity index (χ0) is 23.7. The molecule has 8 nitrogen and oxygen atoms in total. The fourth-order valence-corrected chi connectivity index (χ4v) is 3.85. The lowest BCUT2D eigenvalue weighted by Gasteiger charge is -2.08. The van der Waals surface area contributed by atoms with Crippen LogP contribution in [0.1, 0.15) is 10.5 Å². The monoisotopic (exact) mass is 453 g/mol. The Morgan fingerprint density at radius 2 is 1.82 bits per heavy atom. The lowest BCUT2D eigenvalue weighted by atomic mass is 10.1. The summed E-state index contributed by atoms with van der Waals surface area (Å²) in [5.74, 6) is 1.05. The van der Waals surface area contributed by atoms with Crippen LogP contribution in [0, 0.1) is 0 Å². The second-order valence-corrected chi connectivity index (χ2v) is 7.73. The Morgan fingerprint density at radius 3 is 2.62 bits per heavy atom. The van der Waals surface area contributed by atoms with E-state index in [1.807, 2.05) is 77.5 Å². The fourth-order valence-electron chi connectivity index (χ4n) is 3.85. The zero-order valence-electron chi connectivity index (χ0n) is 19.0. The van der Waals surface area contributed by atoms with Gasteiger partial charge < -0.3 is 19.2 Å². The molecule has 8 heteroatoms. The van der Waals surface area contributed by atoms with Gasteiger partial charge in [0.25, 0.3) is 5.91 Å². The maximum Gasteiger partial charge on any atom is 0.273 e. The molecule has 3 aromatic heterocycles. The third-order valence-corrected chi connectivity index (χ3v) is 5.58. The number of nitrogens with zero attached hydrogens (tertiary/aromatic N) is 4. The molecular weight excluding hydrogens is 430 g/mol. The topological polar surface area (TPSA) is 82.7 Å². The minimum Gasteiger partial charge on any atom is -0.497 e. The number of nitrogens with one attached hydrogen (secondary N) is 1. The quantitative estimate of drug-likeness (QED) is 0.404. The van der Waals surface area contributed by atoms with Crippen molar-refractivity contribution >= 4 is 17.2 Å². The summed E-state index contributed by atoms with van der Waals surface area (Å²) in [5.41, 5.74) is 5.04. The molecule has 5 rings (SSSR count). The first-order valence-corrected chi connectivity index (χ1v) is 10.7. The number of methoxy groups -OCH3 is 2. The minimum absolute atomic E-state index is 0.268. The number of ether oxygens (including phenoxy) is 2. The Kier molecular flexibility index (Phi) is 5.47. The Balaban J connectivity index is 1.41. The average Bonchev–Trinajstić information content (AvgIpc) is 3.47. The van der Waals surface area contributed by atoms with Crippen molar-refractivity contribution in [1.29, 1.82) is 0 Å². The maximum atomic E-state index is 13.1. The summed E-state index contributed by atoms with van der Waals surface area (Å²) in [6, 6.07) is 20.7. The van der Waals surface area contributed by atoms with E-state index in [4.69, 9.17) is 9.47 Å². The van der Waals surface area contributed by atoms with Crippen LogP contribution in [-0.2, 0) is 7.05 Å². The molecule has 1 amide bonds. The van der Waals surface area contributed by atoms with Crippen LogP contribution in [0.15, 0.2) is 79.1 Å². The van der Waals surface area contributed by atoms with Gasteiger partial charge in [0.05, 0.1) is 25.6 Å². The van der Waals surface area contributed by atoms with E-state index in [1.165, 1.54) is 0 Å². The number of fused-ring (bicyclic) bond motifs is 1. The lowest BCUT2D eigenvalue weighted by molar-refractivity contribution is 0.101. The Hall–Kier alpha value is -4.59. The fraction of sp³-hybridized carbons (Fsp3) is 0.115. The second kappa shape index (κ2) is 8.74. The van der Waals surface area contributed by atoms with Gasteiger partial charge in [0.2, 0.25) is 0 Å². The molecule has 5 aromatic rings. The molecule has 1 N–H and O–H groups in total. The SMILES string of the molecule is COc1ccc(OC)c(-c2cc(C(=O)Nc3cccc(-c4cn5ccccc5n4)c3)n(C)n2)c1. The number of aryl methyl sites for hydroxylation is 1. The summed E-state index contributed by atoms with van der Waals surface area (Å²) in [5, 5.41) is 7.49. The summed E-state index contributed by atoms with van der Waals surface area (Å²) < 4.78 is 14.3. The number of hydrogen-bond donors (Lipinski definition) is 1. The number of carbonyl (C=O) groups is 1. The molecule has 0 radical (unpaired) electrons. The molecule has 170 valence electrons. The van der Waals surface area contributed by atoms with E-state index in [1.54, 1.807) is 32.0 Å². The smallest absolute Gasteiger partial charge is 0.273 e. The number of amides is 1. The van der Waals surface area contributed by atoms with Crippen molar-refractivity contribution in [2.24, 2.45) is 7.05 Å². The first kappa shape index (κ1) is 21.3. The van der Waals surface area contributed by atoms with Crippen LogP contribution in [0.3, 0.4) is 0 Å². The highest BCUT2D eigenvalue weighted by atomic mass is 16.5. The third-order valence-electron chi connectivity index (χ3n) is 5.58. The van der Waals surface area contributed by atoms with Gasteiger partial charge in [-0.2, -0.15) is 5.10 Å². The molecule has 0 aliphatic rings. The molecule has 0 fully saturated rings. The number of benzene rings is 2. The van der Waals surface area contributed by atoms with E-state index >= 15 is 0 Å². The van der Waals surface area contributed by atoms with Crippen LogP contribution in [0.25, 0.3) is 28.2 Å². The van der Waals surface area contributed by atoms with Gasteiger partial charge in [-0.3, -0.25) is 9.48 Å². The number of pyridine rings is 1. The molecule has 0 atom stereocenters. The Bertz CT molecular complexity index is 1470. The maximum absolute atomic E-state index is 13.1. The van der Waals surface area contributed by atoms with Crippen LogP contribution in [0.5, 0.6) is 11.5 Å². The zero-order valence-corrected chi connectivity index (χ0v) is 19.0. The predicted octanol–water partition coefficient (Wildman–Crippen LogP) is 4.67. The number of aromatic nitrogens is 4. The highest BCUT2D eigenvalue weighted by Crippen LogP contribution is 2.33. The van der Waals surface area contributed by atoms with Gasteiger partial charge in [0.1, 0.15) is 22.8 Å². The largest absolute Gasteiger partial charge is 0.497 e. The molecule has 2 aromatic carbocycles. The van der Waals surface area contributed by atoms with Gasteiger partial charge in [-0.15, -0.1) is 0 Å². The van der Waals surface area contributed by atoms with Crippen molar-refractivity contribution in [3.63, 3.8) is 0 Å². The number of rotatable bonds is 6. The predicted molar refractivity (Wildman–Crippen MR) is 130 cm³/mol. The van der Waals surface area contributed by atoms with Crippen LogP contribution in [-0.4, -0.2) is 39.3 Å². The highest BCUT2D eigenvalue weighted by molar-refractivity contribution is 6.04. The van der Waals surface area contributed by atoms with Crippen LogP contribution in [0.2, 0.25) is 0 Å². The van der Waals surface area contributed by atoms with Crippen molar-refractivity contribution in [3.8, 4) is 34.0 Å². The minimum atomic E-state index is -0.268. The van der Waals surface area contributed by atoms with Gasteiger partial charge >= 0.3 is 0 Å². The number of anilines is 1. The molecular formula is C26H23N5O3. The van der Waals surface area contributed by atoms with Gasteiger partial charge in [0, 0.05) is 36.3 Å². The first-order chi connectivity index (χ1) is 16.6. The van der Waals surface area contributed by atoms with E-state index in [-0.39, 0.29) is 5.91 Å². The molecule has 0 saturated carbocycles. The molecule has 0 bridgehead atoms. The standard InChI is InChI=1S/C26H23N5O3/c1-30-23(15-21(29-30)20-14-19(33-2)10-11-24(20)34-3)26(32)27-18-8-6-7-17(13-18)22-16-31-12-5-4-9-25(31)28-22/h4-16H,1-3H3,(H,27,32). The van der Waals surface area contributed by atoms with Crippen molar-refractivity contribution in [2.45, 2.75) is 0 Å². The molecule has 0 aliphatic heterocycles. The molecule has 0 unspecified atom stereocenters. The average molecular weight is 454 g/mol. The van der Waals surface area contributed by atoms with E-state index in [2.05, 4.69) is 15.4 Å². The highest BCUT2D eigenvalue weighted by Gasteiger charge is 2.18. The summed E-state index contributed by atoms with van der Waals surface area (Å²) >= 11 is 0. The molecule has 3 heterocycles. The second-order valence-electron chi connectivity index (χ2n) is 7.73. The van der Waals surface area contributed by atoms with E-state index in [9.17, 15) is 4.79 Å². The van der Waals surface area contributed by atoms with Crippen LogP contribution < -0.4 is 14.8 Å². The molecule has 0 spiro atoms. The number of hydrogen-bond acceptors (Lipinski definition) is 5. The van der Waals surface area contributed by atoms with Gasteiger partial charge in [-0.25, -0.2) is 4.98 Å². The van der Waals surface area contributed by atoms with Gasteiger partial charge in [-0.1, -0.05) is 18.2 Å². The number of carbonyl (C=O) groups excluding carboxylic acids is 1. The van der Waals surface area contributed by atoms with Gasteiger partial charge in [0.15, 0.2) is 0 Å². The summed E-state index contributed by atoms with van der Waals surface area (Å²) in [7, 11) is 4.93. The van der Waals surface area contributed by atoms with Crippen LogP contribution in [0.4, 0.5) is 5.69 Å². The molecule has 34 heavy (non-hydrogen) atoms. The van der Waals surface area contributed by atoms with E-state index in [0.717, 1.165) is 22.5 Å². The van der Waals surface area contributed by atoms with Crippen LogP contribution >= 0.6 is 0 Å². The summed E-state index contributed by atoms with van der Waals surface area (Å²) in [4.78, 5) is 17.8. The van der Waals surface area contributed by atoms with E-state index in [0.29, 0.717) is 28.6 Å². The third kappa shape index (κ3) is 3.97.